The number of carbonyl (C=O) groups excluding carboxylic acids is 1. The molecule has 3 N–H and O–H groups in total. The number of hydrogen-bond acceptors (Lipinski definition) is 9. The summed E-state index contributed by atoms with van der Waals surface area (Å²) in [5, 5.41) is 32.1. The number of Topliss-reactive ketones (excluding diaryl/α,β-unsaturated/α-hetero) is 1. The number of carboxylic acid groups (broad SMARTS) is 2. The molecule has 8 rings (SSSR count). The number of ether oxygens (including phenoxy) is 1. The van der Waals surface area contributed by atoms with Crippen molar-refractivity contribution < 1.29 is 29.3 Å². The van der Waals surface area contributed by atoms with Crippen LogP contribution < -0.4 is 4.74 Å². The van der Waals surface area contributed by atoms with Gasteiger partial charge in [-0.1, -0.05) is 98.3 Å². The molecule has 4 heterocycles. The summed E-state index contributed by atoms with van der Waals surface area (Å²) in [5.41, 5.74) is 9.05. The van der Waals surface area contributed by atoms with Crippen molar-refractivity contribution in [3.8, 4) is 28.4 Å². The second-order valence-electron chi connectivity index (χ2n) is 14.8. The maximum atomic E-state index is 11.9. The average molecular weight is 862 g/mol. The number of fused-ring (bicyclic) bond motifs is 1. The molecule has 0 amide bonds. The van der Waals surface area contributed by atoms with Crippen molar-refractivity contribution in [3.05, 3.63) is 165 Å². The van der Waals surface area contributed by atoms with E-state index in [1.165, 1.54) is 0 Å². The normalized spacial score (nSPS) is 11.3. The molecule has 0 radical (unpaired) electrons. The molecular formula is C49H47N7O6S. The first kappa shape index (κ1) is 43.6. The summed E-state index contributed by atoms with van der Waals surface area (Å²) >= 11 is 1.55. The van der Waals surface area contributed by atoms with E-state index < -0.39 is 11.9 Å². The molecule has 0 aliphatic rings. The fraction of sp³-hybridized carbons (Fsp3) is 0.204. The Morgan fingerprint density at radius 1 is 0.825 bits per heavy atom. The minimum atomic E-state index is -0.996. The molecule has 14 heteroatoms. The number of thiophene rings is 1. The molecular weight excluding hydrogens is 815 g/mol. The van der Waals surface area contributed by atoms with Crippen molar-refractivity contribution in [1.29, 1.82) is 0 Å². The van der Waals surface area contributed by atoms with E-state index in [1.54, 1.807) is 54.9 Å². The quantitative estimate of drug-likeness (QED) is 0.0590. The van der Waals surface area contributed by atoms with Crippen LogP contribution >= 0.6 is 11.3 Å². The lowest BCUT2D eigenvalue weighted by molar-refractivity contribution is -0.132. The monoisotopic (exact) mass is 861 g/mol. The van der Waals surface area contributed by atoms with E-state index in [1.807, 2.05) is 95.7 Å². The lowest BCUT2D eigenvalue weighted by Gasteiger charge is -2.12. The van der Waals surface area contributed by atoms with E-state index in [0.29, 0.717) is 54.3 Å². The maximum Gasteiger partial charge on any atom is 0.337 e. The molecule has 0 fully saturated rings. The van der Waals surface area contributed by atoms with Gasteiger partial charge in [-0.25, -0.2) is 14.6 Å². The van der Waals surface area contributed by atoms with Gasteiger partial charge in [0.05, 0.1) is 47.8 Å². The van der Waals surface area contributed by atoms with Crippen molar-refractivity contribution in [2.24, 2.45) is 0 Å². The predicted molar refractivity (Wildman–Crippen MR) is 244 cm³/mol. The Morgan fingerprint density at radius 3 is 2.19 bits per heavy atom. The number of carboxylic acids is 2. The number of rotatable bonds is 17. The minimum absolute atomic E-state index is 0.0381. The number of imidazole rings is 2. The molecule has 0 aliphatic heterocycles. The number of hydrogen-bond donors (Lipinski definition) is 3. The number of nitrogens with zero attached hydrogens (tertiary/aromatic N) is 6. The van der Waals surface area contributed by atoms with Gasteiger partial charge in [0.25, 0.3) is 6.01 Å². The Labute approximate surface area is 368 Å². The predicted octanol–water partition coefficient (Wildman–Crippen LogP) is 9.88. The van der Waals surface area contributed by atoms with Crippen LogP contribution in [0.2, 0.25) is 0 Å². The van der Waals surface area contributed by atoms with Gasteiger partial charge >= 0.3 is 11.9 Å². The highest BCUT2D eigenvalue weighted by Crippen LogP contribution is 2.32. The van der Waals surface area contributed by atoms with Gasteiger partial charge in [0, 0.05) is 41.0 Å². The van der Waals surface area contributed by atoms with Crippen LogP contribution in [0.5, 0.6) is 6.01 Å². The van der Waals surface area contributed by atoms with E-state index in [9.17, 15) is 24.6 Å². The summed E-state index contributed by atoms with van der Waals surface area (Å²) in [6.45, 7) is 7.01. The molecule has 4 aromatic heterocycles. The number of aromatic amines is 1. The molecule has 0 spiro atoms. The number of unbranched alkanes of at least 4 members (excludes halogenated alkanes) is 1. The maximum absolute atomic E-state index is 11.9. The Hall–Kier alpha value is -7.45. The van der Waals surface area contributed by atoms with E-state index in [-0.39, 0.29) is 11.3 Å². The number of para-hydroxylation sites is 1. The molecule has 0 saturated heterocycles. The standard InChI is InChI=1S/C25H21N5O3.C24H26N2O3S/c1-2-33-25-27-21-9-5-8-20(24(31)32)23(21)30(25)15-16-10-12-17(13-11-16)18-6-3-4-7-19(18)22-14-26-29-28-22;1-3-4-7-23-25-15-21(13-20(24(28)29)14-22-6-5-12-30-22)26(23)16-18-8-10-19(11-9-18)17(2)27/h3-14H,2,15H2,1H3,(H,31,32)(H,26,28,29);5-6,8-13,15H,3-4,7,14,16H2,1-2H3,(H,28,29)/b;20-13+. The zero-order valence-corrected chi connectivity index (χ0v) is 36.0. The number of ketones is 1. The second-order valence-corrected chi connectivity index (χ2v) is 15.8. The van der Waals surface area contributed by atoms with Crippen LogP contribution in [0.3, 0.4) is 0 Å². The largest absolute Gasteiger partial charge is 0.478 e. The number of H-pyrrole nitrogens is 1. The van der Waals surface area contributed by atoms with Crippen molar-refractivity contribution in [3.63, 3.8) is 0 Å². The van der Waals surface area contributed by atoms with Crippen molar-refractivity contribution in [2.45, 2.75) is 59.5 Å². The third-order valence-electron chi connectivity index (χ3n) is 10.4. The number of aromatic carboxylic acids is 1. The molecule has 0 atom stereocenters. The smallest absolute Gasteiger partial charge is 0.337 e. The average Bonchev–Trinajstić information content (AvgIpc) is 4.13. The van der Waals surface area contributed by atoms with Gasteiger partial charge in [-0.3, -0.25) is 9.36 Å². The molecule has 4 aromatic carbocycles. The van der Waals surface area contributed by atoms with Crippen molar-refractivity contribution in [1.82, 2.24) is 34.5 Å². The van der Waals surface area contributed by atoms with E-state index >= 15 is 0 Å². The zero-order valence-electron chi connectivity index (χ0n) is 35.2. The van der Waals surface area contributed by atoms with Gasteiger partial charge in [-0.15, -0.1) is 11.3 Å². The summed E-state index contributed by atoms with van der Waals surface area (Å²) in [6, 6.07) is 33.1. The van der Waals surface area contributed by atoms with Crippen LogP contribution in [-0.4, -0.2) is 69.1 Å². The molecule has 8 aromatic rings. The fourth-order valence-electron chi connectivity index (χ4n) is 7.24. The van der Waals surface area contributed by atoms with Crippen LogP contribution in [0, 0.1) is 0 Å². The fourth-order valence-corrected chi connectivity index (χ4v) is 7.97. The highest BCUT2D eigenvalue weighted by atomic mass is 32.1. The second kappa shape index (κ2) is 20.4. The lowest BCUT2D eigenvalue weighted by Crippen LogP contribution is -2.09. The van der Waals surface area contributed by atoms with Crippen LogP contribution in [-0.2, 0) is 30.7 Å². The van der Waals surface area contributed by atoms with E-state index in [4.69, 9.17) is 4.74 Å². The summed E-state index contributed by atoms with van der Waals surface area (Å²) < 4.78 is 9.62. The van der Waals surface area contributed by atoms with Crippen molar-refractivity contribution in [2.75, 3.05) is 6.61 Å². The Bertz CT molecular complexity index is 2840. The first-order valence-electron chi connectivity index (χ1n) is 20.6. The van der Waals surface area contributed by atoms with Gasteiger partial charge < -0.3 is 19.5 Å². The van der Waals surface area contributed by atoms with Crippen LogP contribution in [0.15, 0.2) is 126 Å². The topological polar surface area (TPSA) is 178 Å². The molecule has 63 heavy (non-hydrogen) atoms. The summed E-state index contributed by atoms with van der Waals surface area (Å²) in [6.07, 6.45) is 8.49. The first-order valence-corrected chi connectivity index (χ1v) is 21.5. The highest BCUT2D eigenvalue weighted by molar-refractivity contribution is 7.09. The van der Waals surface area contributed by atoms with Gasteiger partial charge in [0.15, 0.2) is 5.78 Å². The van der Waals surface area contributed by atoms with Gasteiger partial charge in [-0.05, 0) is 72.2 Å². The number of aromatic nitrogens is 7. The zero-order chi connectivity index (χ0) is 44.3. The molecule has 0 unspecified atom stereocenters. The number of aryl methyl sites for hydroxylation is 1. The summed E-state index contributed by atoms with van der Waals surface area (Å²) in [5.74, 6) is -0.933. The molecule has 0 aliphatic carbocycles. The summed E-state index contributed by atoms with van der Waals surface area (Å²) in [7, 11) is 0. The number of carbonyl (C=O) groups is 3. The third kappa shape index (κ3) is 10.5. The van der Waals surface area contributed by atoms with Crippen LogP contribution in [0.25, 0.3) is 39.5 Å². The Morgan fingerprint density at radius 2 is 1.56 bits per heavy atom. The van der Waals surface area contributed by atoms with Crippen molar-refractivity contribution >= 4 is 46.2 Å². The Kier molecular flexibility index (Phi) is 14.1. The number of aliphatic carboxylic acids is 1. The van der Waals surface area contributed by atoms with Gasteiger partial charge in [-0.2, -0.15) is 20.4 Å². The van der Waals surface area contributed by atoms with Crippen LogP contribution in [0.4, 0.5) is 0 Å². The molecule has 320 valence electrons. The SMILES string of the molecule is CCCCc1ncc(/C=C(\Cc2cccs2)C(=O)O)n1Cc1ccc(C(C)=O)cc1.CCOc1nc2cccc(C(=O)O)c2n1Cc1ccc(-c2ccccc2-c2cn[nH]n2)cc1. The number of benzene rings is 4. The number of nitrogens with one attached hydrogen (secondary N) is 1. The van der Waals surface area contributed by atoms with Gasteiger partial charge in [0.2, 0.25) is 0 Å². The summed E-state index contributed by atoms with van der Waals surface area (Å²) in [4.78, 5) is 45.3. The highest BCUT2D eigenvalue weighted by Gasteiger charge is 2.20. The van der Waals surface area contributed by atoms with Crippen LogP contribution in [0.1, 0.15) is 81.9 Å². The third-order valence-corrected chi connectivity index (χ3v) is 11.3. The molecule has 0 bridgehead atoms. The molecule has 0 saturated carbocycles. The first-order chi connectivity index (χ1) is 30.6. The molecule has 13 nitrogen and oxygen atoms in total. The van der Waals surface area contributed by atoms with E-state index in [2.05, 4.69) is 42.9 Å². The van der Waals surface area contributed by atoms with Gasteiger partial charge in [0.1, 0.15) is 11.5 Å². The Balaban J connectivity index is 0.000000190. The van der Waals surface area contributed by atoms with E-state index in [0.717, 1.165) is 69.2 Å². The lowest BCUT2D eigenvalue weighted by atomic mass is 9.97. The minimum Gasteiger partial charge on any atom is -0.478 e.